The number of benzene rings is 1. The first-order valence-electron chi connectivity index (χ1n) is 7.91. The monoisotopic (exact) mass is 289 g/mol. The van der Waals surface area contributed by atoms with E-state index in [1.807, 2.05) is 13.8 Å². The number of hydrogen-bond donors (Lipinski definition) is 1. The summed E-state index contributed by atoms with van der Waals surface area (Å²) in [4.78, 5) is 24.3. The molecule has 116 valence electrons. The molecule has 0 atom stereocenters. The number of nitrogens with two attached hydrogens (primary N) is 1. The molecule has 0 bridgehead atoms. The van der Waals surface area contributed by atoms with E-state index >= 15 is 0 Å². The van der Waals surface area contributed by atoms with Crippen LogP contribution >= 0.6 is 0 Å². The third-order valence-electron chi connectivity index (χ3n) is 3.69. The summed E-state index contributed by atoms with van der Waals surface area (Å²) in [7, 11) is 0. The number of rotatable bonds is 9. The molecule has 0 spiro atoms. The molecule has 21 heavy (non-hydrogen) atoms. The lowest BCUT2D eigenvalue weighted by molar-refractivity contribution is 0.0935. The third-order valence-corrected chi connectivity index (χ3v) is 3.69. The van der Waals surface area contributed by atoms with Crippen LogP contribution in [0.15, 0.2) is 18.2 Å². The molecule has 1 aromatic carbocycles. The van der Waals surface area contributed by atoms with Gasteiger partial charge in [-0.25, -0.2) is 0 Å². The lowest BCUT2D eigenvalue weighted by Gasteiger charge is -2.11. The number of hydrogen-bond acceptors (Lipinski definition) is 3. The van der Waals surface area contributed by atoms with Gasteiger partial charge in [0.15, 0.2) is 11.6 Å². The minimum atomic E-state index is -0.0640. The van der Waals surface area contributed by atoms with Crippen molar-refractivity contribution in [2.75, 3.05) is 0 Å². The van der Waals surface area contributed by atoms with Gasteiger partial charge < -0.3 is 5.73 Å². The average Bonchev–Trinajstić information content (AvgIpc) is 2.49. The fourth-order valence-corrected chi connectivity index (χ4v) is 2.34. The van der Waals surface area contributed by atoms with E-state index in [-0.39, 0.29) is 24.0 Å². The van der Waals surface area contributed by atoms with E-state index in [0.29, 0.717) is 17.5 Å². The molecule has 3 heteroatoms. The van der Waals surface area contributed by atoms with Gasteiger partial charge in [-0.1, -0.05) is 52.2 Å². The predicted octanol–water partition coefficient (Wildman–Crippen LogP) is 4.14. The van der Waals surface area contributed by atoms with E-state index in [2.05, 4.69) is 6.92 Å². The first kappa shape index (κ1) is 17.6. The second-order valence-corrected chi connectivity index (χ2v) is 5.83. The van der Waals surface area contributed by atoms with Gasteiger partial charge in [-0.05, 0) is 18.1 Å². The van der Waals surface area contributed by atoms with E-state index in [0.717, 1.165) is 24.8 Å². The molecule has 0 aliphatic rings. The van der Waals surface area contributed by atoms with Gasteiger partial charge in [0.25, 0.3) is 0 Å². The molecule has 0 aliphatic heterocycles. The van der Waals surface area contributed by atoms with Crippen molar-refractivity contribution in [1.82, 2.24) is 0 Å². The molecule has 0 fully saturated rings. The number of carbonyl (C=O) groups excluding carboxylic acids is 2. The van der Waals surface area contributed by atoms with Crippen molar-refractivity contribution in [2.24, 2.45) is 11.7 Å². The van der Waals surface area contributed by atoms with Crippen LogP contribution in [-0.4, -0.2) is 11.6 Å². The zero-order valence-corrected chi connectivity index (χ0v) is 13.4. The Balaban J connectivity index is 2.82. The maximum absolute atomic E-state index is 12.2. The SMILES string of the molecule is CCCCCCC(=O)c1ccc(C(=O)C(C)C)c(CN)c1. The minimum absolute atomic E-state index is 0.0640. The fraction of sp³-hybridized carbons (Fsp3) is 0.556. The van der Waals surface area contributed by atoms with Crippen LogP contribution < -0.4 is 5.73 Å². The van der Waals surface area contributed by atoms with Gasteiger partial charge in [-0.3, -0.25) is 9.59 Å². The Kier molecular flexibility index (Phi) is 7.30. The van der Waals surface area contributed by atoms with Gasteiger partial charge >= 0.3 is 0 Å². The van der Waals surface area contributed by atoms with Crippen LogP contribution in [0.1, 0.15) is 79.2 Å². The maximum atomic E-state index is 12.2. The van der Waals surface area contributed by atoms with Gasteiger partial charge in [0.2, 0.25) is 0 Å². The zero-order valence-electron chi connectivity index (χ0n) is 13.4. The lowest BCUT2D eigenvalue weighted by atomic mass is 9.93. The van der Waals surface area contributed by atoms with Crippen molar-refractivity contribution in [3.05, 3.63) is 34.9 Å². The summed E-state index contributed by atoms with van der Waals surface area (Å²) in [5, 5.41) is 0. The molecule has 2 N–H and O–H groups in total. The zero-order chi connectivity index (χ0) is 15.8. The molecule has 0 saturated carbocycles. The Morgan fingerprint density at radius 3 is 2.43 bits per heavy atom. The number of ketones is 2. The molecule has 0 heterocycles. The van der Waals surface area contributed by atoms with Crippen molar-refractivity contribution in [3.8, 4) is 0 Å². The van der Waals surface area contributed by atoms with Crippen LogP contribution in [-0.2, 0) is 6.54 Å². The van der Waals surface area contributed by atoms with Crippen LogP contribution in [0.5, 0.6) is 0 Å². The van der Waals surface area contributed by atoms with Crippen molar-refractivity contribution < 1.29 is 9.59 Å². The summed E-state index contributed by atoms with van der Waals surface area (Å²) in [6.45, 7) is 6.18. The second kappa shape index (κ2) is 8.73. The second-order valence-electron chi connectivity index (χ2n) is 5.83. The Bertz CT molecular complexity index is 492. The standard InChI is InChI=1S/C18H27NO2/c1-4-5-6-7-8-17(20)14-9-10-16(15(11-14)12-19)18(21)13(2)3/h9-11,13H,4-8,12,19H2,1-3H3. The molecule has 0 saturated heterocycles. The van der Waals surface area contributed by atoms with Crippen molar-refractivity contribution in [2.45, 2.75) is 59.4 Å². The van der Waals surface area contributed by atoms with Crippen molar-refractivity contribution >= 4 is 11.6 Å². The van der Waals surface area contributed by atoms with Gasteiger partial charge in [0.1, 0.15) is 0 Å². The van der Waals surface area contributed by atoms with Crippen LogP contribution in [0, 0.1) is 5.92 Å². The Morgan fingerprint density at radius 1 is 1.14 bits per heavy atom. The summed E-state index contributed by atoms with van der Waals surface area (Å²) < 4.78 is 0. The Labute approximate surface area is 127 Å². The third kappa shape index (κ3) is 5.09. The molecular formula is C18H27NO2. The molecule has 1 rings (SSSR count). The highest BCUT2D eigenvalue weighted by Gasteiger charge is 2.16. The molecule has 0 radical (unpaired) electrons. The summed E-state index contributed by atoms with van der Waals surface area (Å²) in [5.41, 5.74) is 7.83. The van der Waals surface area contributed by atoms with Gasteiger partial charge in [0, 0.05) is 30.0 Å². The van der Waals surface area contributed by atoms with Crippen LogP contribution in [0.25, 0.3) is 0 Å². The van der Waals surface area contributed by atoms with Gasteiger partial charge in [-0.2, -0.15) is 0 Å². The highest BCUT2D eigenvalue weighted by Crippen LogP contribution is 2.18. The minimum Gasteiger partial charge on any atom is -0.326 e. The molecular weight excluding hydrogens is 262 g/mol. The molecule has 0 unspecified atom stereocenters. The summed E-state index contributed by atoms with van der Waals surface area (Å²) >= 11 is 0. The van der Waals surface area contributed by atoms with Crippen LogP contribution in [0.3, 0.4) is 0 Å². The normalized spacial score (nSPS) is 10.9. The maximum Gasteiger partial charge on any atom is 0.165 e. The smallest absolute Gasteiger partial charge is 0.165 e. The molecule has 0 aromatic heterocycles. The Morgan fingerprint density at radius 2 is 1.86 bits per heavy atom. The fourth-order valence-electron chi connectivity index (χ4n) is 2.34. The first-order valence-corrected chi connectivity index (χ1v) is 7.91. The van der Waals surface area contributed by atoms with Gasteiger partial charge in [0.05, 0.1) is 0 Å². The molecule has 1 aromatic rings. The highest BCUT2D eigenvalue weighted by molar-refractivity contribution is 6.01. The van der Waals surface area contributed by atoms with E-state index < -0.39 is 0 Å². The van der Waals surface area contributed by atoms with Crippen LogP contribution in [0.2, 0.25) is 0 Å². The van der Waals surface area contributed by atoms with E-state index in [1.165, 1.54) is 6.42 Å². The average molecular weight is 289 g/mol. The summed E-state index contributed by atoms with van der Waals surface area (Å²) in [6, 6.07) is 5.30. The van der Waals surface area contributed by atoms with Crippen molar-refractivity contribution in [1.29, 1.82) is 0 Å². The predicted molar refractivity (Wildman–Crippen MR) is 86.6 cm³/mol. The topological polar surface area (TPSA) is 60.2 Å². The van der Waals surface area contributed by atoms with Crippen molar-refractivity contribution in [3.63, 3.8) is 0 Å². The summed E-state index contributed by atoms with van der Waals surface area (Å²) in [6.07, 6.45) is 4.93. The quantitative estimate of drug-likeness (QED) is 0.549. The Hall–Kier alpha value is -1.48. The molecule has 0 amide bonds. The van der Waals surface area contributed by atoms with Gasteiger partial charge in [-0.15, -0.1) is 0 Å². The van der Waals surface area contributed by atoms with E-state index in [4.69, 9.17) is 5.73 Å². The largest absolute Gasteiger partial charge is 0.326 e. The summed E-state index contributed by atoms with van der Waals surface area (Å²) in [5.74, 6) is 0.160. The first-order chi connectivity index (χ1) is 10.0. The number of carbonyl (C=O) groups is 2. The van der Waals surface area contributed by atoms with Crippen LogP contribution in [0.4, 0.5) is 0 Å². The number of unbranched alkanes of at least 4 members (excludes halogenated alkanes) is 3. The van der Waals surface area contributed by atoms with E-state index in [1.54, 1.807) is 18.2 Å². The molecule has 0 aliphatic carbocycles. The lowest BCUT2D eigenvalue weighted by Crippen LogP contribution is -2.14. The van der Waals surface area contributed by atoms with E-state index in [9.17, 15) is 9.59 Å². The highest BCUT2D eigenvalue weighted by atomic mass is 16.1. The number of Topliss-reactive ketones (excluding diaryl/α,β-unsaturated/α-hetero) is 2. The molecule has 3 nitrogen and oxygen atoms in total.